The topological polar surface area (TPSA) is 71.1 Å². The smallest absolute Gasteiger partial charge is 0.240 e. The van der Waals surface area contributed by atoms with Crippen molar-refractivity contribution in [2.45, 2.75) is 24.3 Å². The number of benzene rings is 1. The number of hydrogen-bond donors (Lipinski definition) is 2. The predicted octanol–water partition coefficient (Wildman–Crippen LogP) is 1.98. The molecule has 0 bridgehead atoms. The van der Waals surface area contributed by atoms with E-state index in [2.05, 4.69) is 15.0 Å². The minimum atomic E-state index is -3.48. The first kappa shape index (κ1) is 13.5. The first-order chi connectivity index (χ1) is 9.65. The highest BCUT2D eigenvalue weighted by Crippen LogP contribution is 2.25. The van der Waals surface area contributed by atoms with Gasteiger partial charge in [-0.05, 0) is 30.5 Å². The molecule has 0 spiro atoms. The highest BCUT2D eigenvalue weighted by molar-refractivity contribution is 7.89. The van der Waals surface area contributed by atoms with E-state index in [0.29, 0.717) is 4.90 Å². The molecular weight excluding hydrogens is 294 g/mol. The second-order valence-corrected chi connectivity index (χ2v) is 7.38. The zero-order valence-electron chi connectivity index (χ0n) is 10.8. The molecule has 3 rings (SSSR count). The van der Waals surface area contributed by atoms with Crippen molar-refractivity contribution in [3.8, 4) is 0 Å². The van der Waals surface area contributed by atoms with E-state index >= 15 is 0 Å². The third-order valence-corrected chi connectivity index (χ3v) is 5.43. The third-order valence-electron chi connectivity index (χ3n) is 3.25. The minimum absolute atomic E-state index is 0.275. The van der Waals surface area contributed by atoms with Gasteiger partial charge in [-0.2, -0.15) is 0 Å². The van der Waals surface area contributed by atoms with E-state index in [1.54, 1.807) is 23.8 Å². The van der Waals surface area contributed by atoms with Crippen LogP contribution in [0.5, 0.6) is 0 Å². The highest BCUT2D eigenvalue weighted by atomic mass is 32.2. The average Bonchev–Trinajstić information content (AvgIpc) is 2.98. The fourth-order valence-corrected chi connectivity index (χ4v) is 3.84. The molecule has 0 unspecified atom stereocenters. The molecule has 0 atom stereocenters. The number of anilines is 1. The number of thiazole rings is 1. The Hall–Kier alpha value is -1.44. The molecule has 1 aliphatic rings. The molecule has 5 nitrogen and oxygen atoms in total. The van der Waals surface area contributed by atoms with Crippen LogP contribution < -0.4 is 10.0 Å². The molecule has 0 aliphatic carbocycles. The van der Waals surface area contributed by atoms with Gasteiger partial charge in [-0.1, -0.05) is 6.07 Å². The molecule has 1 aromatic carbocycles. The van der Waals surface area contributed by atoms with E-state index < -0.39 is 10.0 Å². The first-order valence-electron chi connectivity index (χ1n) is 6.39. The van der Waals surface area contributed by atoms with Gasteiger partial charge in [-0.15, -0.1) is 11.3 Å². The Bertz CT molecular complexity index is 696. The number of aryl methyl sites for hydroxylation is 1. The molecule has 0 saturated heterocycles. The molecule has 20 heavy (non-hydrogen) atoms. The van der Waals surface area contributed by atoms with Gasteiger partial charge in [0, 0.05) is 29.9 Å². The lowest BCUT2D eigenvalue weighted by molar-refractivity contribution is 0.581. The van der Waals surface area contributed by atoms with Gasteiger partial charge in [0.1, 0.15) is 0 Å². The van der Waals surface area contributed by atoms with Crippen LogP contribution in [-0.4, -0.2) is 19.9 Å². The number of aromatic nitrogens is 1. The van der Waals surface area contributed by atoms with Gasteiger partial charge in [0.2, 0.25) is 10.0 Å². The lowest BCUT2D eigenvalue weighted by Crippen LogP contribution is -2.23. The van der Waals surface area contributed by atoms with Crippen LogP contribution in [0.25, 0.3) is 0 Å². The zero-order valence-corrected chi connectivity index (χ0v) is 12.4. The summed E-state index contributed by atoms with van der Waals surface area (Å²) in [5.41, 5.74) is 3.79. The lowest BCUT2D eigenvalue weighted by Gasteiger charge is -2.18. The summed E-state index contributed by atoms with van der Waals surface area (Å²) in [4.78, 5) is 5.12. The van der Waals surface area contributed by atoms with Crippen molar-refractivity contribution in [3.05, 3.63) is 40.3 Å². The summed E-state index contributed by atoms with van der Waals surface area (Å²) in [5, 5.41) is 3.24. The Kier molecular flexibility index (Phi) is 3.73. The van der Waals surface area contributed by atoms with Crippen molar-refractivity contribution in [2.24, 2.45) is 0 Å². The van der Waals surface area contributed by atoms with Crippen molar-refractivity contribution in [3.63, 3.8) is 0 Å². The van der Waals surface area contributed by atoms with Gasteiger partial charge in [0.25, 0.3) is 0 Å². The summed E-state index contributed by atoms with van der Waals surface area (Å²) < 4.78 is 27.1. The van der Waals surface area contributed by atoms with Gasteiger partial charge in [-0.3, -0.25) is 4.98 Å². The Labute approximate surface area is 122 Å². The number of fused-ring (bicyclic) bond motifs is 1. The van der Waals surface area contributed by atoms with E-state index in [1.165, 1.54) is 16.9 Å². The molecular formula is C13H15N3O2S2. The van der Waals surface area contributed by atoms with Crippen molar-refractivity contribution in [1.82, 2.24) is 9.71 Å². The Morgan fingerprint density at radius 3 is 3.10 bits per heavy atom. The summed E-state index contributed by atoms with van der Waals surface area (Å²) in [5.74, 6) is 0. The van der Waals surface area contributed by atoms with Crippen molar-refractivity contribution >= 4 is 27.0 Å². The van der Waals surface area contributed by atoms with E-state index in [4.69, 9.17) is 0 Å². The van der Waals surface area contributed by atoms with Crippen LogP contribution in [0.1, 0.15) is 16.9 Å². The van der Waals surface area contributed by atoms with Crippen LogP contribution in [-0.2, 0) is 23.0 Å². The Morgan fingerprint density at radius 2 is 2.30 bits per heavy atom. The SMILES string of the molecule is O=S(=O)(NCc1cncs1)c1ccc2c(c1)NCCC2. The normalized spacial score (nSPS) is 14.6. The van der Waals surface area contributed by atoms with Crippen LogP contribution >= 0.6 is 11.3 Å². The first-order valence-corrected chi connectivity index (χ1v) is 8.75. The van der Waals surface area contributed by atoms with Crippen molar-refractivity contribution in [1.29, 1.82) is 0 Å². The van der Waals surface area contributed by atoms with Crippen molar-refractivity contribution < 1.29 is 8.42 Å². The van der Waals surface area contributed by atoms with E-state index in [1.807, 2.05) is 6.07 Å². The summed E-state index contributed by atoms with van der Waals surface area (Å²) in [6.07, 6.45) is 3.75. The molecule has 2 N–H and O–H groups in total. The van der Waals surface area contributed by atoms with E-state index in [9.17, 15) is 8.42 Å². The molecule has 0 saturated carbocycles. The quantitative estimate of drug-likeness (QED) is 0.906. The summed E-state index contributed by atoms with van der Waals surface area (Å²) in [7, 11) is -3.48. The standard InChI is InChI=1S/C13H15N3O2S2/c17-20(18,16-8-11-7-14-9-19-11)12-4-3-10-2-1-5-15-13(10)6-12/h3-4,6-7,9,15-16H,1-2,5,8H2. The Morgan fingerprint density at radius 1 is 1.40 bits per heavy atom. The monoisotopic (exact) mass is 309 g/mol. The lowest BCUT2D eigenvalue weighted by atomic mass is 10.0. The summed E-state index contributed by atoms with van der Waals surface area (Å²) in [6, 6.07) is 5.27. The largest absolute Gasteiger partial charge is 0.385 e. The van der Waals surface area contributed by atoms with Gasteiger partial charge < -0.3 is 5.32 Å². The molecule has 2 aromatic rings. The molecule has 0 radical (unpaired) electrons. The molecule has 7 heteroatoms. The predicted molar refractivity (Wildman–Crippen MR) is 79.4 cm³/mol. The second-order valence-electron chi connectivity index (χ2n) is 4.64. The fraction of sp³-hybridized carbons (Fsp3) is 0.308. The number of nitrogens with one attached hydrogen (secondary N) is 2. The van der Waals surface area contributed by atoms with Crippen LogP contribution in [0.4, 0.5) is 5.69 Å². The van der Waals surface area contributed by atoms with E-state index in [-0.39, 0.29) is 6.54 Å². The zero-order chi connectivity index (χ0) is 14.0. The van der Waals surface area contributed by atoms with E-state index in [0.717, 1.165) is 30.0 Å². The van der Waals surface area contributed by atoms with Gasteiger partial charge in [0.05, 0.1) is 10.4 Å². The Balaban J connectivity index is 1.80. The third kappa shape index (κ3) is 2.84. The van der Waals surface area contributed by atoms with Crippen LogP contribution in [0.2, 0.25) is 0 Å². The molecule has 1 aromatic heterocycles. The maximum absolute atomic E-state index is 12.3. The highest BCUT2D eigenvalue weighted by Gasteiger charge is 2.17. The summed E-state index contributed by atoms with van der Waals surface area (Å²) in [6.45, 7) is 1.17. The second kappa shape index (κ2) is 5.51. The van der Waals surface area contributed by atoms with Crippen LogP contribution in [0.15, 0.2) is 34.8 Å². The molecule has 0 fully saturated rings. The molecule has 0 amide bonds. The number of sulfonamides is 1. The molecule has 1 aliphatic heterocycles. The van der Waals surface area contributed by atoms with Gasteiger partial charge in [-0.25, -0.2) is 13.1 Å². The fourth-order valence-electron chi connectivity index (χ4n) is 2.19. The number of hydrogen-bond acceptors (Lipinski definition) is 5. The van der Waals surface area contributed by atoms with Gasteiger partial charge in [0.15, 0.2) is 0 Å². The van der Waals surface area contributed by atoms with Crippen LogP contribution in [0, 0.1) is 0 Å². The number of nitrogens with zero attached hydrogens (tertiary/aromatic N) is 1. The minimum Gasteiger partial charge on any atom is -0.385 e. The maximum atomic E-state index is 12.3. The molecule has 106 valence electrons. The van der Waals surface area contributed by atoms with Crippen LogP contribution in [0.3, 0.4) is 0 Å². The summed E-state index contributed by atoms with van der Waals surface area (Å²) >= 11 is 1.43. The van der Waals surface area contributed by atoms with Gasteiger partial charge >= 0.3 is 0 Å². The van der Waals surface area contributed by atoms with Crippen molar-refractivity contribution in [2.75, 3.05) is 11.9 Å². The average molecular weight is 309 g/mol. The maximum Gasteiger partial charge on any atom is 0.240 e. The molecule has 2 heterocycles. The number of rotatable bonds is 4.